The molecular formula is C8H16BrNO2. The molecule has 2 unspecified atom stereocenters. The Kier molecular flexibility index (Phi) is 4.50. The molecule has 0 aliphatic carbocycles. The highest BCUT2D eigenvalue weighted by Crippen LogP contribution is 2.15. The Morgan fingerprint density at radius 1 is 1.25 bits per heavy atom. The van der Waals surface area contributed by atoms with E-state index in [0.29, 0.717) is 0 Å². The van der Waals surface area contributed by atoms with Gasteiger partial charge in [-0.05, 0) is 0 Å². The molecule has 72 valence electrons. The Hall–Kier alpha value is 0.360. The van der Waals surface area contributed by atoms with Gasteiger partial charge in [0.05, 0.1) is 12.2 Å². The minimum atomic E-state index is 0.244. The number of rotatable bonds is 4. The number of hydrogen-bond acceptors (Lipinski definition) is 3. The number of hydrogen-bond donors (Lipinski definition) is 0. The summed E-state index contributed by atoms with van der Waals surface area (Å²) >= 11 is 3.42. The second kappa shape index (κ2) is 5.17. The van der Waals surface area contributed by atoms with Gasteiger partial charge >= 0.3 is 0 Å². The molecular weight excluding hydrogens is 222 g/mol. The fourth-order valence-electron chi connectivity index (χ4n) is 1.57. The van der Waals surface area contributed by atoms with Crippen molar-refractivity contribution >= 4 is 15.9 Å². The van der Waals surface area contributed by atoms with E-state index in [4.69, 9.17) is 9.47 Å². The lowest BCUT2D eigenvalue weighted by Crippen LogP contribution is -2.27. The molecule has 12 heavy (non-hydrogen) atoms. The highest BCUT2D eigenvalue weighted by Gasteiger charge is 2.32. The Morgan fingerprint density at radius 3 is 2.08 bits per heavy atom. The molecule has 3 nitrogen and oxygen atoms in total. The number of halogens is 1. The van der Waals surface area contributed by atoms with Crippen molar-refractivity contribution in [1.82, 2.24) is 4.90 Å². The minimum Gasteiger partial charge on any atom is -0.377 e. The lowest BCUT2D eigenvalue weighted by Gasteiger charge is -2.13. The summed E-state index contributed by atoms with van der Waals surface area (Å²) < 4.78 is 10.6. The first-order chi connectivity index (χ1) is 5.81. The van der Waals surface area contributed by atoms with E-state index in [0.717, 1.165) is 25.0 Å². The van der Waals surface area contributed by atoms with Crippen molar-refractivity contribution < 1.29 is 9.47 Å². The van der Waals surface area contributed by atoms with Crippen LogP contribution in [0.15, 0.2) is 0 Å². The Labute approximate surface area is 82.1 Å². The van der Waals surface area contributed by atoms with E-state index in [-0.39, 0.29) is 12.2 Å². The van der Waals surface area contributed by atoms with Crippen molar-refractivity contribution in [1.29, 1.82) is 0 Å². The van der Waals surface area contributed by atoms with Gasteiger partial charge < -0.3 is 9.47 Å². The van der Waals surface area contributed by atoms with Crippen LogP contribution in [0.3, 0.4) is 0 Å². The maximum absolute atomic E-state index is 5.31. The van der Waals surface area contributed by atoms with Crippen LogP contribution in [0, 0.1) is 0 Å². The molecule has 1 saturated heterocycles. The van der Waals surface area contributed by atoms with Crippen LogP contribution in [-0.2, 0) is 9.47 Å². The first-order valence-electron chi connectivity index (χ1n) is 4.15. The Bertz CT molecular complexity index is 122. The van der Waals surface area contributed by atoms with E-state index >= 15 is 0 Å². The molecule has 4 heteroatoms. The van der Waals surface area contributed by atoms with Crippen molar-refractivity contribution in [3.63, 3.8) is 0 Å². The second-order valence-electron chi connectivity index (χ2n) is 3.00. The average Bonchev–Trinajstić information content (AvgIpc) is 2.48. The third kappa shape index (κ3) is 2.42. The van der Waals surface area contributed by atoms with Crippen molar-refractivity contribution in [2.45, 2.75) is 12.2 Å². The molecule has 0 amide bonds. The topological polar surface area (TPSA) is 21.7 Å². The van der Waals surface area contributed by atoms with Crippen molar-refractivity contribution in [3.05, 3.63) is 0 Å². The van der Waals surface area contributed by atoms with Gasteiger partial charge in [-0.2, -0.15) is 0 Å². The third-order valence-corrected chi connectivity index (χ3v) is 2.65. The number of likely N-dealkylation sites (tertiary alicyclic amines) is 1. The molecule has 1 aliphatic heterocycles. The second-order valence-corrected chi connectivity index (χ2v) is 3.79. The molecule has 1 fully saturated rings. The van der Waals surface area contributed by atoms with Crippen LogP contribution in [-0.4, -0.2) is 56.3 Å². The van der Waals surface area contributed by atoms with Crippen LogP contribution in [0.1, 0.15) is 0 Å². The molecule has 0 radical (unpaired) electrons. The molecule has 1 rings (SSSR count). The number of alkyl halides is 1. The smallest absolute Gasteiger partial charge is 0.0971 e. The van der Waals surface area contributed by atoms with E-state index in [2.05, 4.69) is 20.8 Å². The number of methoxy groups -OCH3 is 2. The summed E-state index contributed by atoms with van der Waals surface area (Å²) in [6, 6.07) is 0. The zero-order chi connectivity index (χ0) is 8.97. The summed E-state index contributed by atoms with van der Waals surface area (Å²) in [6.45, 7) is 3.04. The SMILES string of the molecule is COC1CN(CCBr)CC1OC. The summed E-state index contributed by atoms with van der Waals surface area (Å²) in [5.74, 6) is 0. The first-order valence-corrected chi connectivity index (χ1v) is 5.28. The summed E-state index contributed by atoms with van der Waals surface area (Å²) in [5, 5.41) is 1.01. The van der Waals surface area contributed by atoms with Crippen LogP contribution in [0.4, 0.5) is 0 Å². The summed E-state index contributed by atoms with van der Waals surface area (Å²) in [6.07, 6.45) is 0.489. The van der Waals surface area contributed by atoms with E-state index < -0.39 is 0 Å². The van der Waals surface area contributed by atoms with Crippen molar-refractivity contribution in [2.24, 2.45) is 0 Å². The Morgan fingerprint density at radius 2 is 1.75 bits per heavy atom. The Balaban J connectivity index is 2.36. The van der Waals surface area contributed by atoms with E-state index in [1.54, 1.807) is 14.2 Å². The fraction of sp³-hybridized carbons (Fsp3) is 1.00. The molecule has 0 bridgehead atoms. The third-order valence-electron chi connectivity index (χ3n) is 2.30. The van der Waals surface area contributed by atoms with Crippen molar-refractivity contribution in [3.8, 4) is 0 Å². The summed E-state index contributed by atoms with van der Waals surface area (Å²) in [7, 11) is 3.49. The molecule has 0 saturated carbocycles. The molecule has 2 atom stereocenters. The van der Waals surface area contributed by atoms with Gasteiger partial charge in [-0.25, -0.2) is 0 Å². The monoisotopic (exact) mass is 237 g/mol. The largest absolute Gasteiger partial charge is 0.377 e. The minimum absolute atomic E-state index is 0.244. The lowest BCUT2D eigenvalue weighted by atomic mass is 10.3. The van der Waals surface area contributed by atoms with Gasteiger partial charge in [0.1, 0.15) is 0 Å². The molecule has 0 spiro atoms. The molecule has 0 aromatic heterocycles. The number of nitrogens with zero attached hydrogens (tertiary/aromatic N) is 1. The first kappa shape index (κ1) is 10.4. The van der Waals surface area contributed by atoms with Gasteiger partial charge in [-0.1, -0.05) is 15.9 Å². The van der Waals surface area contributed by atoms with Crippen LogP contribution < -0.4 is 0 Å². The average molecular weight is 238 g/mol. The van der Waals surface area contributed by atoms with E-state index in [9.17, 15) is 0 Å². The van der Waals surface area contributed by atoms with Crippen LogP contribution in [0.5, 0.6) is 0 Å². The quantitative estimate of drug-likeness (QED) is 0.674. The normalized spacial score (nSPS) is 31.2. The van der Waals surface area contributed by atoms with Gasteiger partial charge in [-0.3, -0.25) is 4.90 Å². The fourth-order valence-corrected chi connectivity index (χ4v) is 2.07. The van der Waals surface area contributed by atoms with Crippen LogP contribution in [0.25, 0.3) is 0 Å². The predicted octanol–water partition coefficient (Wildman–Crippen LogP) is 0.727. The van der Waals surface area contributed by atoms with Gasteiger partial charge in [0, 0.05) is 39.2 Å². The van der Waals surface area contributed by atoms with Gasteiger partial charge in [0.2, 0.25) is 0 Å². The van der Waals surface area contributed by atoms with Crippen LogP contribution >= 0.6 is 15.9 Å². The highest BCUT2D eigenvalue weighted by atomic mass is 79.9. The van der Waals surface area contributed by atoms with E-state index in [1.807, 2.05) is 0 Å². The molecule has 0 aromatic rings. The molecule has 0 aromatic carbocycles. The summed E-state index contributed by atoms with van der Waals surface area (Å²) in [5.41, 5.74) is 0. The highest BCUT2D eigenvalue weighted by molar-refractivity contribution is 9.09. The van der Waals surface area contributed by atoms with Crippen molar-refractivity contribution in [2.75, 3.05) is 39.2 Å². The zero-order valence-corrected chi connectivity index (χ0v) is 9.21. The maximum Gasteiger partial charge on any atom is 0.0971 e. The standard InChI is InChI=1S/C8H16BrNO2/c1-11-7-5-10(4-3-9)6-8(7)12-2/h7-8H,3-6H2,1-2H3. The summed E-state index contributed by atoms with van der Waals surface area (Å²) in [4.78, 5) is 2.34. The van der Waals surface area contributed by atoms with Gasteiger partial charge in [-0.15, -0.1) is 0 Å². The molecule has 1 heterocycles. The predicted molar refractivity (Wildman–Crippen MR) is 51.8 cm³/mol. The van der Waals surface area contributed by atoms with Crippen LogP contribution in [0.2, 0.25) is 0 Å². The maximum atomic E-state index is 5.31. The lowest BCUT2D eigenvalue weighted by molar-refractivity contribution is -0.00461. The van der Waals surface area contributed by atoms with Gasteiger partial charge in [0.25, 0.3) is 0 Å². The van der Waals surface area contributed by atoms with Gasteiger partial charge in [0.15, 0.2) is 0 Å². The molecule has 1 aliphatic rings. The number of ether oxygens (including phenoxy) is 2. The van der Waals surface area contributed by atoms with E-state index in [1.165, 1.54) is 0 Å². The zero-order valence-electron chi connectivity index (χ0n) is 7.62. The molecule has 0 N–H and O–H groups in total.